The van der Waals surface area contributed by atoms with Crippen LogP contribution in [0.3, 0.4) is 0 Å². The molecule has 0 atom stereocenters. The Balaban J connectivity index is 2.58. The van der Waals surface area contributed by atoms with Crippen LogP contribution in [0, 0.1) is 5.41 Å². The van der Waals surface area contributed by atoms with Crippen molar-refractivity contribution < 1.29 is 19.1 Å². The summed E-state index contributed by atoms with van der Waals surface area (Å²) in [6, 6.07) is 0. The van der Waals surface area contributed by atoms with E-state index in [0.29, 0.717) is 0 Å². The van der Waals surface area contributed by atoms with Gasteiger partial charge in [-0.15, -0.1) is 0 Å². The number of halogens is 1. The summed E-state index contributed by atoms with van der Waals surface area (Å²) < 4.78 is 12.3. The number of carbonyl (C=O) groups excluding carboxylic acids is 1. The molecule has 0 aromatic heterocycles. The first-order chi connectivity index (χ1) is 5.52. The van der Waals surface area contributed by atoms with Crippen molar-refractivity contribution in [2.75, 3.05) is 19.8 Å². The van der Waals surface area contributed by atoms with Crippen molar-refractivity contribution in [2.24, 2.45) is 5.41 Å². The number of carboxylic acids is 1. The molecule has 1 rings (SSSR count). The van der Waals surface area contributed by atoms with Crippen LogP contribution >= 0.6 is 0 Å². The molecule has 5 heteroatoms. The number of aliphatic carboxylic acids is 1. The Labute approximate surface area is 69.0 Å². The molecular formula is C7H10FNO3. The van der Waals surface area contributed by atoms with E-state index in [2.05, 4.69) is 0 Å². The summed E-state index contributed by atoms with van der Waals surface area (Å²) in [5.41, 5.74) is -1.33. The highest BCUT2D eigenvalue weighted by Crippen LogP contribution is 2.31. The Morgan fingerprint density at radius 3 is 2.33 bits per heavy atom. The minimum Gasteiger partial charge on any atom is -0.481 e. The molecule has 1 amide bonds. The van der Waals surface area contributed by atoms with Crippen LogP contribution in [0.1, 0.15) is 6.92 Å². The number of carbonyl (C=O) groups is 2. The molecular weight excluding hydrogens is 165 g/mol. The van der Waals surface area contributed by atoms with E-state index in [9.17, 15) is 14.0 Å². The maximum absolute atomic E-state index is 12.3. The van der Waals surface area contributed by atoms with Crippen LogP contribution in [-0.2, 0) is 9.59 Å². The first-order valence-electron chi connectivity index (χ1n) is 3.57. The third-order valence-corrected chi connectivity index (χ3v) is 2.14. The maximum atomic E-state index is 12.3. The van der Waals surface area contributed by atoms with Crippen LogP contribution in [0.25, 0.3) is 0 Å². The molecule has 0 aromatic rings. The zero-order valence-corrected chi connectivity index (χ0v) is 6.71. The average molecular weight is 175 g/mol. The van der Waals surface area contributed by atoms with E-state index in [1.165, 1.54) is 11.8 Å². The van der Waals surface area contributed by atoms with Crippen LogP contribution < -0.4 is 0 Å². The molecule has 1 heterocycles. The number of nitrogens with zero attached hydrogens (tertiary/aromatic N) is 1. The number of alkyl halides is 1. The van der Waals surface area contributed by atoms with E-state index in [-0.39, 0.29) is 19.0 Å². The highest BCUT2D eigenvalue weighted by atomic mass is 19.1. The lowest BCUT2D eigenvalue weighted by Gasteiger charge is -2.44. The van der Waals surface area contributed by atoms with Gasteiger partial charge in [-0.05, 0) is 0 Å². The van der Waals surface area contributed by atoms with Crippen molar-refractivity contribution in [3.8, 4) is 0 Å². The fraction of sp³-hybridized carbons (Fsp3) is 0.714. The minimum atomic E-state index is -1.33. The predicted molar refractivity (Wildman–Crippen MR) is 38.3 cm³/mol. The average Bonchev–Trinajstić information content (AvgIpc) is 1.84. The molecule has 1 N–H and O–H groups in total. The SMILES string of the molecule is CC(=O)N1CC(CF)(C(=O)O)C1. The van der Waals surface area contributed by atoms with Gasteiger partial charge in [-0.3, -0.25) is 9.59 Å². The number of rotatable bonds is 2. The zero-order chi connectivity index (χ0) is 9.35. The molecule has 0 aliphatic carbocycles. The van der Waals surface area contributed by atoms with Gasteiger partial charge < -0.3 is 10.0 Å². The summed E-state index contributed by atoms with van der Waals surface area (Å²) in [5.74, 6) is -1.37. The van der Waals surface area contributed by atoms with Crippen molar-refractivity contribution >= 4 is 11.9 Å². The molecule has 68 valence electrons. The van der Waals surface area contributed by atoms with Crippen molar-refractivity contribution in [3.05, 3.63) is 0 Å². The third kappa shape index (κ3) is 1.15. The van der Waals surface area contributed by atoms with Crippen molar-refractivity contribution in [3.63, 3.8) is 0 Å². The maximum Gasteiger partial charge on any atom is 0.315 e. The van der Waals surface area contributed by atoms with Crippen molar-refractivity contribution in [2.45, 2.75) is 6.92 Å². The van der Waals surface area contributed by atoms with Crippen molar-refractivity contribution in [1.82, 2.24) is 4.90 Å². The van der Waals surface area contributed by atoms with Gasteiger partial charge in [-0.2, -0.15) is 0 Å². The van der Waals surface area contributed by atoms with Gasteiger partial charge in [0.25, 0.3) is 0 Å². The van der Waals surface area contributed by atoms with Crippen LogP contribution in [-0.4, -0.2) is 41.6 Å². The van der Waals surface area contributed by atoms with Gasteiger partial charge in [0.2, 0.25) is 5.91 Å². The largest absolute Gasteiger partial charge is 0.481 e. The lowest BCUT2D eigenvalue weighted by atomic mass is 9.81. The van der Waals surface area contributed by atoms with Gasteiger partial charge in [0.1, 0.15) is 12.1 Å². The standard InChI is InChI=1S/C7H10FNO3/c1-5(10)9-3-7(2-8,4-9)6(11)12/h2-4H2,1H3,(H,11,12). The summed E-state index contributed by atoms with van der Waals surface area (Å²) >= 11 is 0. The van der Waals surface area contributed by atoms with Gasteiger partial charge in [0.05, 0.1) is 0 Å². The first-order valence-corrected chi connectivity index (χ1v) is 3.57. The molecule has 0 saturated carbocycles. The number of amides is 1. The van der Waals surface area contributed by atoms with E-state index < -0.39 is 18.1 Å². The Morgan fingerprint density at radius 1 is 1.58 bits per heavy atom. The Bertz CT molecular complexity index is 223. The number of hydrogen-bond donors (Lipinski definition) is 1. The first kappa shape index (κ1) is 8.96. The summed E-state index contributed by atoms with van der Waals surface area (Å²) in [6.45, 7) is 0.415. The number of hydrogen-bond acceptors (Lipinski definition) is 2. The second-order valence-corrected chi connectivity index (χ2v) is 3.09. The molecule has 1 saturated heterocycles. The second kappa shape index (κ2) is 2.73. The molecule has 0 aromatic carbocycles. The van der Waals surface area contributed by atoms with Crippen LogP contribution in [0.5, 0.6) is 0 Å². The summed E-state index contributed by atoms with van der Waals surface area (Å²) in [6.07, 6.45) is 0. The molecule has 1 aliphatic rings. The van der Waals surface area contributed by atoms with E-state index in [0.717, 1.165) is 0 Å². The van der Waals surface area contributed by atoms with Gasteiger partial charge in [-0.1, -0.05) is 0 Å². The predicted octanol–water partition coefficient (Wildman–Crippen LogP) is -0.111. The molecule has 0 bridgehead atoms. The molecule has 1 fully saturated rings. The van der Waals surface area contributed by atoms with Crippen LogP contribution in [0.4, 0.5) is 4.39 Å². The highest BCUT2D eigenvalue weighted by Gasteiger charge is 2.50. The number of likely N-dealkylation sites (tertiary alicyclic amines) is 1. The summed E-state index contributed by atoms with van der Waals surface area (Å²) in [5, 5.41) is 8.61. The van der Waals surface area contributed by atoms with E-state index >= 15 is 0 Å². The summed E-state index contributed by atoms with van der Waals surface area (Å²) in [4.78, 5) is 22.5. The lowest BCUT2D eigenvalue weighted by molar-refractivity contribution is -0.166. The van der Waals surface area contributed by atoms with E-state index in [1.807, 2.05) is 0 Å². The van der Waals surface area contributed by atoms with E-state index in [4.69, 9.17) is 5.11 Å². The van der Waals surface area contributed by atoms with Gasteiger partial charge in [0, 0.05) is 20.0 Å². The quantitative estimate of drug-likeness (QED) is 0.637. The van der Waals surface area contributed by atoms with Crippen LogP contribution in [0.15, 0.2) is 0 Å². The topological polar surface area (TPSA) is 57.6 Å². The normalized spacial score (nSPS) is 20.0. The van der Waals surface area contributed by atoms with Crippen LogP contribution in [0.2, 0.25) is 0 Å². The smallest absolute Gasteiger partial charge is 0.315 e. The Kier molecular flexibility index (Phi) is 2.04. The van der Waals surface area contributed by atoms with Gasteiger partial charge in [0.15, 0.2) is 0 Å². The minimum absolute atomic E-state index is 0.00579. The molecule has 0 radical (unpaired) electrons. The fourth-order valence-corrected chi connectivity index (χ4v) is 1.18. The molecule has 0 unspecified atom stereocenters. The third-order valence-electron chi connectivity index (χ3n) is 2.14. The molecule has 0 spiro atoms. The lowest BCUT2D eigenvalue weighted by Crippen LogP contribution is -2.62. The van der Waals surface area contributed by atoms with E-state index in [1.54, 1.807) is 0 Å². The fourth-order valence-electron chi connectivity index (χ4n) is 1.18. The molecule has 1 aliphatic heterocycles. The Hall–Kier alpha value is -1.13. The van der Waals surface area contributed by atoms with Gasteiger partial charge >= 0.3 is 5.97 Å². The molecule has 4 nitrogen and oxygen atoms in total. The number of carboxylic acid groups (broad SMARTS) is 1. The molecule has 12 heavy (non-hydrogen) atoms. The monoisotopic (exact) mass is 175 g/mol. The second-order valence-electron chi connectivity index (χ2n) is 3.09. The Morgan fingerprint density at radius 2 is 2.08 bits per heavy atom. The van der Waals surface area contributed by atoms with Gasteiger partial charge in [-0.25, -0.2) is 4.39 Å². The summed E-state index contributed by atoms with van der Waals surface area (Å²) in [7, 11) is 0. The van der Waals surface area contributed by atoms with Crippen molar-refractivity contribution in [1.29, 1.82) is 0 Å². The zero-order valence-electron chi connectivity index (χ0n) is 6.71. The highest BCUT2D eigenvalue weighted by molar-refractivity contribution is 5.82.